The van der Waals surface area contributed by atoms with Gasteiger partial charge < -0.3 is 5.32 Å². The van der Waals surface area contributed by atoms with E-state index in [1.165, 1.54) is 17.5 Å². The largest absolute Gasteiger partial charge is 0.351 e. The normalized spacial score (nSPS) is 16.9. The molecule has 1 N–H and O–H groups in total. The number of fused-ring (bicyclic) bond motifs is 1. The number of benzene rings is 2. The summed E-state index contributed by atoms with van der Waals surface area (Å²) in [6.45, 7) is 1.03. The summed E-state index contributed by atoms with van der Waals surface area (Å²) in [4.78, 5) is 14.4. The Hall–Kier alpha value is -2.13. The number of carbonyl (C=O) groups excluding carboxylic acids is 1. The Balaban J connectivity index is 1.57. The highest BCUT2D eigenvalue weighted by atomic mass is 16.2. The average molecular weight is 308 g/mol. The van der Waals surface area contributed by atoms with E-state index < -0.39 is 0 Å². The van der Waals surface area contributed by atoms with E-state index in [4.69, 9.17) is 0 Å². The van der Waals surface area contributed by atoms with Crippen molar-refractivity contribution in [2.45, 2.75) is 31.8 Å². The zero-order chi connectivity index (χ0) is 16.1. The average Bonchev–Trinajstić information content (AvgIpc) is 2.60. The summed E-state index contributed by atoms with van der Waals surface area (Å²) < 4.78 is 0. The predicted octanol–water partition coefficient (Wildman–Crippen LogP) is 3.31. The molecule has 3 nitrogen and oxygen atoms in total. The lowest BCUT2D eigenvalue weighted by atomic mass is 9.87. The molecule has 1 atom stereocenters. The highest BCUT2D eigenvalue weighted by Gasteiger charge is 2.24. The summed E-state index contributed by atoms with van der Waals surface area (Å²) in [5.41, 5.74) is 3.95. The van der Waals surface area contributed by atoms with Gasteiger partial charge in [0.25, 0.3) is 0 Å². The summed E-state index contributed by atoms with van der Waals surface area (Å²) in [6.07, 6.45) is 3.47. The van der Waals surface area contributed by atoms with Crippen LogP contribution in [0, 0.1) is 0 Å². The zero-order valence-corrected chi connectivity index (χ0v) is 13.7. The van der Waals surface area contributed by atoms with Crippen LogP contribution in [0.3, 0.4) is 0 Å². The number of rotatable bonds is 5. The summed E-state index contributed by atoms with van der Waals surface area (Å²) in [5.74, 6) is 0.0828. The van der Waals surface area contributed by atoms with Gasteiger partial charge >= 0.3 is 0 Å². The molecule has 1 aliphatic rings. The monoisotopic (exact) mass is 308 g/mol. The number of amides is 1. The summed E-state index contributed by atoms with van der Waals surface area (Å²) in [5, 5.41) is 3.01. The van der Waals surface area contributed by atoms with Crippen LogP contribution in [0.2, 0.25) is 0 Å². The van der Waals surface area contributed by atoms with Crippen LogP contribution < -0.4 is 5.32 Å². The first-order chi connectivity index (χ1) is 11.2. The molecular formula is C20H24N2O. The van der Waals surface area contributed by atoms with Gasteiger partial charge in [0.2, 0.25) is 5.91 Å². The number of hydrogen-bond donors (Lipinski definition) is 1. The van der Waals surface area contributed by atoms with Gasteiger partial charge in [0, 0.05) is 12.6 Å². The summed E-state index contributed by atoms with van der Waals surface area (Å²) in [7, 11) is 2.05. The zero-order valence-electron chi connectivity index (χ0n) is 13.7. The lowest BCUT2D eigenvalue weighted by Gasteiger charge is -2.32. The molecule has 2 aromatic rings. The topological polar surface area (TPSA) is 32.3 Å². The van der Waals surface area contributed by atoms with Crippen LogP contribution in [0.25, 0.3) is 0 Å². The van der Waals surface area contributed by atoms with Crippen molar-refractivity contribution in [1.29, 1.82) is 0 Å². The third-order valence-corrected chi connectivity index (χ3v) is 4.60. The van der Waals surface area contributed by atoms with Gasteiger partial charge in [0.05, 0.1) is 6.54 Å². The third kappa shape index (κ3) is 3.99. The number of hydrogen-bond acceptors (Lipinski definition) is 2. The van der Waals surface area contributed by atoms with Crippen molar-refractivity contribution in [3.8, 4) is 0 Å². The number of nitrogens with zero attached hydrogens (tertiary/aromatic N) is 1. The first-order valence-corrected chi connectivity index (χ1v) is 8.32. The molecule has 0 bridgehead atoms. The van der Waals surface area contributed by atoms with Gasteiger partial charge in [0.1, 0.15) is 0 Å². The minimum Gasteiger partial charge on any atom is -0.351 e. The van der Waals surface area contributed by atoms with Crippen LogP contribution in [0.15, 0.2) is 54.6 Å². The minimum absolute atomic E-state index is 0.0828. The molecule has 23 heavy (non-hydrogen) atoms. The molecule has 3 heteroatoms. The van der Waals surface area contributed by atoms with Gasteiger partial charge in [0.15, 0.2) is 0 Å². The molecule has 0 unspecified atom stereocenters. The maximum atomic E-state index is 12.2. The van der Waals surface area contributed by atoms with Gasteiger partial charge in [-0.3, -0.25) is 9.69 Å². The number of likely N-dealkylation sites (N-methyl/N-ethyl adjacent to an activating group) is 1. The van der Waals surface area contributed by atoms with Crippen molar-refractivity contribution >= 4 is 5.91 Å². The van der Waals surface area contributed by atoms with E-state index in [2.05, 4.69) is 41.5 Å². The predicted molar refractivity (Wildman–Crippen MR) is 93.0 cm³/mol. The summed E-state index contributed by atoms with van der Waals surface area (Å²) >= 11 is 0. The third-order valence-electron chi connectivity index (χ3n) is 4.60. The van der Waals surface area contributed by atoms with Crippen molar-refractivity contribution in [2.24, 2.45) is 0 Å². The Bertz CT molecular complexity index is 654. The van der Waals surface area contributed by atoms with Gasteiger partial charge in [-0.25, -0.2) is 0 Å². The van der Waals surface area contributed by atoms with Crippen LogP contribution in [0.5, 0.6) is 0 Å². The highest BCUT2D eigenvalue weighted by Crippen LogP contribution is 2.33. The van der Waals surface area contributed by atoms with E-state index in [0.717, 1.165) is 18.4 Å². The van der Waals surface area contributed by atoms with E-state index in [1.54, 1.807) is 0 Å². The Kier molecular flexibility index (Phi) is 5.09. The van der Waals surface area contributed by atoms with Gasteiger partial charge in [-0.1, -0.05) is 54.6 Å². The Labute approximate surface area is 138 Å². The molecule has 0 spiro atoms. The van der Waals surface area contributed by atoms with Crippen molar-refractivity contribution in [3.05, 3.63) is 71.3 Å². The Morgan fingerprint density at radius 1 is 1.13 bits per heavy atom. The molecule has 3 rings (SSSR count). The molecule has 0 saturated carbocycles. The quantitative estimate of drug-likeness (QED) is 0.919. The fourth-order valence-corrected chi connectivity index (χ4v) is 3.38. The van der Waals surface area contributed by atoms with Gasteiger partial charge in [-0.05, 0) is 43.0 Å². The molecular weight excluding hydrogens is 284 g/mol. The smallest absolute Gasteiger partial charge is 0.234 e. The van der Waals surface area contributed by atoms with Crippen LogP contribution in [0.1, 0.15) is 35.6 Å². The fraction of sp³-hybridized carbons (Fsp3) is 0.350. The second kappa shape index (κ2) is 7.42. The number of carbonyl (C=O) groups is 1. The lowest BCUT2D eigenvalue weighted by Crippen LogP contribution is -2.37. The number of nitrogens with one attached hydrogen (secondary N) is 1. The Morgan fingerprint density at radius 2 is 1.87 bits per heavy atom. The Morgan fingerprint density at radius 3 is 2.70 bits per heavy atom. The molecule has 1 aliphatic carbocycles. The van der Waals surface area contributed by atoms with Gasteiger partial charge in [-0.2, -0.15) is 0 Å². The molecule has 2 aromatic carbocycles. The summed E-state index contributed by atoms with van der Waals surface area (Å²) in [6, 6.07) is 19.0. The first kappa shape index (κ1) is 15.8. The van der Waals surface area contributed by atoms with Crippen LogP contribution in [0.4, 0.5) is 0 Å². The van der Waals surface area contributed by atoms with Crippen LogP contribution in [-0.2, 0) is 17.8 Å². The van der Waals surface area contributed by atoms with Crippen molar-refractivity contribution < 1.29 is 4.79 Å². The fourth-order valence-electron chi connectivity index (χ4n) is 3.38. The van der Waals surface area contributed by atoms with Gasteiger partial charge in [-0.15, -0.1) is 0 Å². The second-order valence-electron chi connectivity index (χ2n) is 6.28. The molecule has 0 aromatic heterocycles. The second-order valence-corrected chi connectivity index (χ2v) is 6.28. The van der Waals surface area contributed by atoms with Crippen molar-refractivity contribution in [3.63, 3.8) is 0 Å². The maximum Gasteiger partial charge on any atom is 0.234 e. The van der Waals surface area contributed by atoms with Crippen molar-refractivity contribution in [1.82, 2.24) is 10.2 Å². The molecule has 120 valence electrons. The van der Waals surface area contributed by atoms with E-state index in [0.29, 0.717) is 19.1 Å². The number of aryl methyl sites for hydroxylation is 1. The minimum atomic E-state index is 0.0828. The molecule has 1 amide bonds. The molecule has 0 radical (unpaired) electrons. The van der Waals surface area contributed by atoms with Crippen LogP contribution in [-0.4, -0.2) is 24.4 Å². The lowest BCUT2D eigenvalue weighted by molar-refractivity contribution is -0.122. The molecule has 0 aliphatic heterocycles. The molecule has 0 heterocycles. The molecule has 0 fully saturated rings. The highest BCUT2D eigenvalue weighted by molar-refractivity contribution is 5.78. The molecule has 0 saturated heterocycles. The first-order valence-electron chi connectivity index (χ1n) is 8.32. The van der Waals surface area contributed by atoms with Crippen LogP contribution >= 0.6 is 0 Å². The van der Waals surface area contributed by atoms with Crippen molar-refractivity contribution in [2.75, 3.05) is 13.6 Å². The maximum absolute atomic E-state index is 12.2. The van der Waals surface area contributed by atoms with E-state index in [1.807, 2.05) is 30.3 Å². The van der Waals surface area contributed by atoms with E-state index >= 15 is 0 Å². The van der Waals surface area contributed by atoms with E-state index in [9.17, 15) is 4.79 Å². The van der Waals surface area contributed by atoms with E-state index in [-0.39, 0.29) is 5.91 Å². The standard InChI is InChI=1S/C20H24N2O/c1-22(15-20(23)21-14-16-8-3-2-4-9-16)19-13-7-11-17-10-5-6-12-18(17)19/h2-6,8-10,12,19H,7,11,13-15H2,1H3,(H,21,23)/t19-/m1/s1. The SMILES string of the molecule is CN(CC(=O)NCc1ccccc1)[C@@H]1CCCc2ccccc21.